The van der Waals surface area contributed by atoms with E-state index in [-0.39, 0.29) is 6.04 Å². The highest BCUT2D eigenvalue weighted by atomic mass is 16.5. The van der Waals surface area contributed by atoms with Crippen molar-refractivity contribution in [2.75, 3.05) is 27.9 Å². The van der Waals surface area contributed by atoms with Crippen LogP contribution < -0.4 is 14.2 Å². The SMILES string of the molecule is COc1cc(C2=N[C@@H](C(C)C)CO2)cc(OC)c1OC. The molecule has 0 bridgehead atoms. The number of aliphatic imine (C=N–C) groups is 1. The van der Waals surface area contributed by atoms with E-state index in [0.717, 1.165) is 5.56 Å². The first-order chi connectivity index (χ1) is 9.60. The van der Waals surface area contributed by atoms with Gasteiger partial charge in [0.1, 0.15) is 6.61 Å². The molecule has 0 aromatic heterocycles. The van der Waals surface area contributed by atoms with Gasteiger partial charge in [-0.15, -0.1) is 0 Å². The highest BCUT2D eigenvalue weighted by molar-refractivity contribution is 5.96. The summed E-state index contributed by atoms with van der Waals surface area (Å²) in [7, 11) is 4.77. The number of hydrogen-bond donors (Lipinski definition) is 0. The summed E-state index contributed by atoms with van der Waals surface area (Å²) in [5.74, 6) is 2.84. The van der Waals surface area contributed by atoms with E-state index in [9.17, 15) is 0 Å². The van der Waals surface area contributed by atoms with Gasteiger partial charge in [0.25, 0.3) is 0 Å². The Bertz CT molecular complexity index is 486. The average molecular weight is 279 g/mol. The molecular weight excluding hydrogens is 258 g/mol. The zero-order valence-electron chi connectivity index (χ0n) is 12.6. The van der Waals surface area contributed by atoms with E-state index in [1.165, 1.54) is 0 Å². The first-order valence-corrected chi connectivity index (χ1v) is 6.61. The molecule has 0 saturated heterocycles. The van der Waals surface area contributed by atoms with Crippen molar-refractivity contribution in [2.24, 2.45) is 10.9 Å². The largest absolute Gasteiger partial charge is 0.493 e. The summed E-state index contributed by atoms with van der Waals surface area (Å²) in [4.78, 5) is 4.61. The number of benzene rings is 1. The minimum Gasteiger partial charge on any atom is -0.493 e. The summed E-state index contributed by atoms with van der Waals surface area (Å²) >= 11 is 0. The summed E-state index contributed by atoms with van der Waals surface area (Å²) in [5.41, 5.74) is 0.836. The fourth-order valence-corrected chi connectivity index (χ4v) is 2.09. The molecule has 2 rings (SSSR count). The Kier molecular flexibility index (Phi) is 4.37. The Morgan fingerprint density at radius 1 is 1.10 bits per heavy atom. The molecule has 1 heterocycles. The van der Waals surface area contributed by atoms with Crippen molar-refractivity contribution >= 4 is 5.90 Å². The van der Waals surface area contributed by atoms with E-state index in [0.29, 0.717) is 35.7 Å². The van der Waals surface area contributed by atoms with Crippen LogP contribution in [-0.2, 0) is 4.74 Å². The standard InChI is InChI=1S/C15H21NO4/c1-9(2)11-8-20-15(16-11)10-6-12(17-3)14(19-5)13(7-10)18-4/h6-7,9,11H,8H2,1-5H3/t11-/m1/s1. The van der Waals surface area contributed by atoms with Crippen LogP contribution in [0.25, 0.3) is 0 Å². The molecule has 0 unspecified atom stereocenters. The van der Waals surface area contributed by atoms with Crippen molar-refractivity contribution in [3.8, 4) is 17.2 Å². The van der Waals surface area contributed by atoms with Gasteiger partial charge in [-0.2, -0.15) is 0 Å². The first kappa shape index (κ1) is 14.5. The fourth-order valence-electron chi connectivity index (χ4n) is 2.09. The molecule has 1 aromatic rings. The van der Waals surface area contributed by atoms with Crippen LogP contribution in [0.4, 0.5) is 0 Å². The molecule has 0 amide bonds. The van der Waals surface area contributed by atoms with Gasteiger partial charge in [-0.25, -0.2) is 4.99 Å². The molecule has 0 radical (unpaired) electrons. The zero-order valence-corrected chi connectivity index (χ0v) is 12.6. The normalized spacial score (nSPS) is 17.7. The Morgan fingerprint density at radius 2 is 1.70 bits per heavy atom. The number of rotatable bonds is 5. The second-order valence-electron chi connectivity index (χ2n) is 4.97. The number of methoxy groups -OCH3 is 3. The predicted octanol–water partition coefficient (Wildman–Crippen LogP) is 2.51. The van der Waals surface area contributed by atoms with Crippen LogP contribution in [0.1, 0.15) is 19.4 Å². The molecule has 1 aromatic carbocycles. The molecule has 0 fully saturated rings. The molecule has 0 N–H and O–H groups in total. The van der Waals surface area contributed by atoms with Crippen molar-refractivity contribution in [1.82, 2.24) is 0 Å². The van der Waals surface area contributed by atoms with Crippen LogP contribution in [0.15, 0.2) is 17.1 Å². The first-order valence-electron chi connectivity index (χ1n) is 6.61. The summed E-state index contributed by atoms with van der Waals surface area (Å²) in [6.07, 6.45) is 0. The molecule has 5 nitrogen and oxygen atoms in total. The number of ether oxygens (including phenoxy) is 4. The molecule has 5 heteroatoms. The number of hydrogen-bond acceptors (Lipinski definition) is 5. The van der Waals surface area contributed by atoms with Crippen molar-refractivity contribution in [3.63, 3.8) is 0 Å². The van der Waals surface area contributed by atoms with Gasteiger partial charge >= 0.3 is 0 Å². The lowest BCUT2D eigenvalue weighted by Crippen LogP contribution is -2.13. The summed E-state index contributed by atoms with van der Waals surface area (Å²) in [5, 5.41) is 0. The third-order valence-corrected chi connectivity index (χ3v) is 3.36. The van der Waals surface area contributed by atoms with Crippen molar-refractivity contribution in [1.29, 1.82) is 0 Å². The van der Waals surface area contributed by atoms with Gasteiger partial charge in [0.15, 0.2) is 11.5 Å². The molecule has 110 valence electrons. The van der Waals surface area contributed by atoms with Crippen LogP contribution >= 0.6 is 0 Å². The van der Waals surface area contributed by atoms with Crippen molar-refractivity contribution in [3.05, 3.63) is 17.7 Å². The molecule has 0 spiro atoms. The minimum atomic E-state index is 0.198. The van der Waals surface area contributed by atoms with E-state index in [1.54, 1.807) is 21.3 Å². The highest BCUT2D eigenvalue weighted by Gasteiger charge is 2.24. The minimum absolute atomic E-state index is 0.198. The maximum atomic E-state index is 5.68. The lowest BCUT2D eigenvalue weighted by molar-refractivity contribution is 0.291. The summed E-state index contributed by atoms with van der Waals surface area (Å²) in [6.45, 7) is 4.88. The van der Waals surface area contributed by atoms with Crippen LogP contribution in [-0.4, -0.2) is 39.9 Å². The van der Waals surface area contributed by atoms with E-state index >= 15 is 0 Å². The summed E-state index contributed by atoms with van der Waals surface area (Å²) in [6, 6.07) is 3.90. The van der Waals surface area contributed by atoms with Gasteiger partial charge in [0, 0.05) is 5.56 Å². The van der Waals surface area contributed by atoms with Crippen LogP contribution in [0.3, 0.4) is 0 Å². The maximum absolute atomic E-state index is 5.68. The molecular formula is C15H21NO4. The highest BCUT2D eigenvalue weighted by Crippen LogP contribution is 2.38. The van der Waals surface area contributed by atoms with Crippen molar-refractivity contribution < 1.29 is 18.9 Å². The van der Waals surface area contributed by atoms with E-state index in [1.807, 2.05) is 12.1 Å². The Morgan fingerprint density at radius 3 is 2.10 bits per heavy atom. The quantitative estimate of drug-likeness (QED) is 0.831. The van der Waals surface area contributed by atoms with Gasteiger partial charge in [-0.1, -0.05) is 13.8 Å². The Labute approximate surface area is 119 Å². The zero-order chi connectivity index (χ0) is 14.7. The molecule has 0 aliphatic carbocycles. The monoisotopic (exact) mass is 279 g/mol. The number of nitrogens with zero attached hydrogens (tertiary/aromatic N) is 1. The van der Waals surface area contributed by atoms with Gasteiger partial charge in [-0.3, -0.25) is 0 Å². The molecule has 20 heavy (non-hydrogen) atoms. The maximum Gasteiger partial charge on any atom is 0.216 e. The fraction of sp³-hybridized carbons (Fsp3) is 0.533. The molecule has 0 saturated carbocycles. The third kappa shape index (κ3) is 2.66. The van der Waals surface area contributed by atoms with Gasteiger partial charge in [-0.05, 0) is 18.1 Å². The Hall–Kier alpha value is -1.91. The smallest absolute Gasteiger partial charge is 0.216 e. The lowest BCUT2D eigenvalue weighted by atomic mass is 10.1. The van der Waals surface area contributed by atoms with Crippen LogP contribution in [0.2, 0.25) is 0 Å². The predicted molar refractivity (Wildman–Crippen MR) is 77.2 cm³/mol. The Balaban J connectivity index is 2.41. The van der Waals surface area contributed by atoms with Gasteiger partial charge in [0.05, 0.1) is 27.4 Å². The van der Waals surface area contributed by atoms with Gasteiger partial charge < -0.3 is 18.9 Å². The second kappa shape index (κ2) is 6.03. The van der Waals surface area contributed by atoms with E-state index in [4.69, 9.17) is 18.9 Å². The molecule has 1 aliphatic rings. The lowest BCUT2D eigenvalue weighted by Gasteiger charge is -2.13. The van der Waals surface area contributed by atoms with E-state index < -0.39 is 0 Å². The van der Waals surface area contributed by atoms with E-state index in [2.05, 4.69) is 18.8 Å². The van der Waals surface area contributed by atoms with Crippen LogP contribution in [0.5, 0.6) is 17.2 Å². The second-order valence-corrected chi connectivity index (χ2v) is 4.97. The topological polar surface area (TPSA) is 49.3 Å². The average Bonchev–Trinajstić information content (AvgIpc) is 2.95. The summed E-state index contributed by atoms with van der Waals surface area (Å²) < 4.78 is 21.7. The third-order valence-electron chi connectivity index (χ3n) is 3.36. The molecule has 1 atom stereocenters. The van der Waals surface area contributed by atoms with Crippen molar-refractivity contribution in [2.45, 2.75) is 19.9 Å². The van der Waals surface area contributed by atoms with Gasteiger partial charge in [0.2, 0.25) is 11.6 Å². The van der Waals surface area contributed by atoms with Crippen LogP contribution in [0, 0.1) is 5.92 Å². The molecule has 1 aliphatic heterocycles.